The van der Waals surface area contributed by atoms with Crippen LogP contribution in [0.4, 0.5) is 0 Å². The van der Waals surface area contributed by atoms with Gasteiger partial charge in [-0.1, -0.05) is 60.7 Å². The second kappa shape index (κ2) is 7.25. The fraction of sp³-hybridized carbons (Fsp3) is 0.133. The average Bonchev–Trinajstić information content (AvgIpc) is 2.45. The number of nitrogens with zero attached hydrogens (tertiary/aromatic N) is 1. The summed E-state index contributed by atoms with van der Waals surface area (Å²) >= 11 is 0. The number of benzene rings is 2. The number of aliphatic imine (C=N–C) groups is 1. The monoisotopic (exact) mass is 240 g/mol. The highest BCUT2D eigenvalue weighted by molar-refractivity contribution is 5.52. The number of hydroxylamine groups is 1. The minimum Gasteiger partial charge on any atom is -0.270 e. The standard InChI is InChI=1S/C15H16N2O/c1-3-7-14(8-4-1)11-16-13-17-18-12-15-9-5-2-6-10-15/h1-10,13H,11-12H2,(H,16,17). The zero-order valence-electron chi connectivity index (χ0n) is 10.1. The van der Waals surface area contributed by atoms with Crippen LogP contribution in [-0.2, 0) is 18.0 Å². The molecule has 3 heteroatoms. The molecule has 0 aliphatic carbocycles. The van der Waals surface area contributed by atoms with E-state index in [1.54, 1.807) is 6.34 Å². The van der Waals surface area contributed by atoms with E-state index in [0.717, 1.165) is 5.56 Å². The molecular formula is C15H16N2O. The zero-order chi connectivity index (χ0) is 12.5. The molecule has 0 atom stereocenters. The predicted octanol–water partition coefficient (Wildman–Crippen LogP) is 2.94. The molecule has 0 aliphatic rings. The summed E-state index contributed by atoms with van der Waals surface area (Å²) in [5.74, 6) is 0. The van der Waals surface area contributed by atoms with Crippen LogP contribution in [0.1, 0.15) is 11.1 Å². The first-order valence-corrected chi connectivity index (χ1v) is 5.88. The van der Waals surface area contributed by atoms with Crippen LogP contribution in [0, 0.1) is 0 Å². The van der Waals surface area contributed by atoms with Crippen molar-refractivity contribution in [3.8, 4) is 0 Å². The average molecular weight is 240 g/mol. The summed E-state index contributed by atoms with van der Waals surface area (Å²) in [6, 6.07) is 20.1. The van der Waals surface area contributed by atoms with E-state index in [9.17, 15) is 0 Å². The third-order valence-electron chi connectivity index (χ3n) is 2.43. The van der Waals surface area contributed by atoms with Gasteiger partial charge in [-0.3, -0.25) is 15.3 Å². The van der Waals surface area contributed by atoms with Crippen molar-refractivity contribution in [2.24, 2.45) is 4.99 Å². The Morgan fingerprint density at radius 2 is 1.50 bits per heavy atom. The molecule has 0 fully saturated rings. The number of hydrogen-bond acceptors (Lipinski definition) is 2. The van der Waals surface area contributed by atoms with E-state index in [1.807, 2.05) is 60.7 Å². The molecule has 0 saturated carbocycles. The Morgan fingerprint density at radius 3 is 2.17 bits per heavy atom. The predicted molar refractivity (Wildman–Crippen MR) is 73.0 cm³/mol. The van der Waals surface area contributed by atoms with Crippen LogP contribution in [0.5, 0.6) is 0 Å². The molecule has 1 N–H and O–H groups in total. The summed E-state index contributed by atoms with van der Waals surface area (Å²) in [6.07, 6.45) is 1.58. The molecule has 3 nitrogen and oxygen atoms in total. The van der Waals surface area contributed by atoms with Crippen molar-refractivity contribution in [2.75, 3.05) is 0 Å². The topological polar surface area (TPSA) is 33.6 Å². The lowest BCUT2D eigenvalue weighted by Gasteiger charge is -2.02. The van der Waals surface area contributed by atoms with E-state index in [4.69, 9.17) is 4.84 Å². The Balaban J connectivity index is 1.64. The van der Waals surface area contributed by atoms with Gasteiger partial charge in [0.2, 0.25) is 0 Å². The lowest BCUT2D eigenvalue weighted by Crippen LogP contribution is -2.11. The van der Waals surface area contributed by atoms with Crippen LogP contribution in [0.25, 0.3) is 0 Å². The van der Waals surface area contributed by atoms with Gasteiger partial charge in [-0.2, -0.15) is 0 Å². The van der Waals surface area contributed by atoms with Crippen LogP contribution in [0.15, 0.2) is 65.7 Å². The van der Waals surface area contributed by atoms with Crippen molar-refractivity contribution in [3.05, 3.63) is 71.8 Å². The summed E-state index contributed by atoms with van der Waals surface area (Å²) in [4.78, 5) is 9.47. The van der Waals surface area contributed by atoms with Gasteiger partial charge in [-0.25, -0.2) is 0 Å². The highest BCUT2D eigenvalue weighted by atomic mass is 16.6. The van der Waals surface area contributed by atoms with E-state index < -0.39 is 0 Å². The van der Waals surface area contributed by atoms with Gasteiger partial charge in [0.15, 0.2) is 0 Å². The molecule has 0 spiro atoms. The van der Waals surface area contributed by atoms with Gasteiger partial charge in [0.25, 0.3) is 0 Å². The van der Waals surface area contributed by atoms with E-state index in [1.165, 1.54) is 5.56 Å². The van der Waals surface area contributed by atoms with E-state index >= 15 is 0 Å². The first-order valence-electron chi connectivity index (χ1n) is 5.88. The highest BCUT2D eigenvalue weighted by Crippen LogP contribution is 2.00. The molecule has 0 aliphatic heterocycles. The van der Waals surface area contributed by atoms with Gasteiger partial charge < -0.3 is 0 Å². The van der Waals surface area contributed by atoms with Crippen molar-refractivity contribution in [3.63, 3.8) is 0 Å². The zero-order valence-corrected chi connectivity index (χ0v) is 10.1. The smallest absolute Gasteiger partial charge is 0.107 e. The highest BCUT2D eigenvalue weighted by Gasteiger charge is 1.89. The second-order valence-corrected chi connectivity index (χ2v) is 3.85. The van der Waals surface area contributed by atoms with Crippen LogP contribution < -0.4 is 5.48 Å². The van der Waals surface area contributed by atoms with Gasteiger partial charge in [-0.05, 0) is 11.1 Å². The fourth-order valence-corrected chi connectivity index (χ4v) is 1.51. The van der Waals surface area contributed by atoms with Gasteiger partial charge in [-0.15, -0.1) is 0 Å². The van der Waals surface area contributed by atoms with E-state index in [-0.39, 0.29) is 0 Å². The molecule has 2 rings (SSSR count). The molecule has 0 aromatic heterocycles. The van der Waals surface area contributed by atoms with Gasteiger partial charge in [0, 0.05) is 0 Å². The van der Waals surface area contributed by atoms with Gasteiger partial charge >= 0.3 is 0 Å². The third kappa shape index (κ3) is 4.39. The van der Waals surface area contributed by atoms with Crippen molar-refractivity contribution in [1.82, 2.24) is 5.48 Å². The largest absolute Gasteiger partial charge is 0.270 e. The lowest BCUT2D eigenvalue weighted by molar-refractivity contribution is 0.0743. The Bertz CT molecular complexity index is 468. The Labute approximate surface area is 107 Å². The van der Waals surface area contributed by atoms with Gasteiger partial charge in [0.1, 0.15) is 6.34 Å². The Morgan fingerprint density at radius 1 is 0.889 bits per heavy atom. The normalized spacial score (nSPS) is 10.7. The minimum absolute atomic E-state index is 0.526. The minimum atomic E-state index is 0.526. The molecule has 0 heterocycles. The molecular weight excluding hydrogens is 224 g/mol. The SMILES string of the molecule is C(=NCc1ccccc1)NOCc1ccccc1. The van der Waals surface area contributed by atoms with Crippen LogP contribution >= 0.6 is 0 Å². The number of hydrogen-bond donors (Lipinski definition) is 1. The van der Waals surface area contributed by atoms with Crippen molar-refractivity contribution in [2.45, 2.75) is 13.2 Å². The molecule has 92 valence electrons. The summed E-state index contributed by atoms with van der Waals surface area (Å²) < 4.78 is 0. The molecule has 0 saturated heterocycles. The Hall–Kier alpha value is -2.13. The third-order valence-corrected chi connectivity index (χ3v) is 2.43. The molecule has 0 radical (unpaired) electrons. The molecule has 0 bridgehead atoms. The van der Waals surface area contributed by atoms with Crippen LogP contribution in [-0.4, -0.2) is 6.34 Å². The maximum Gasteiger partial charge on any atom is 0.107 e. The van der Waals surface area contributed by atoms with Crippen molar-refractivity contribution < 1.29 is 4.84 Å². The van der Waals surface area contributed by atoms with Crippen LogP contribution in [0.2, 0.25) is 0 Å². The number of nitrogens with one attached hydrogen (secondary N) is 1. The fourth-order valence-electron chi connectivity index (χ4n) is 1.51. The molecule has 18 heavy (non-hydrogen) atoms. The Kier molecular flexibility index (Phi) is 4.96. The summed E-state index contributed by atoms with van der Waals surface area (Å²) in [7, 11) is 0. The first-order chi connectivity index (χ1) is 8.95. The first kappa shape index (κ1) is 12.3. The second-order valence-electron chi connectivity index (χ2n) is 3.85. The van der Waals surface area contributed by atoms with E-state index in [2.05, 4.69) is 10.5 Å². The molecule has 0 amide bonds. The maximum atomic E-state index is 5.26. The van der Waals surface area contributed by atoms with Crippen molar-refractivity contribution in [1.29, 1.82) is 0 Å². The lowest BCUT2D eigenvalue weighted by atomic mass is 10.2. The van der Waals surface area contributed by atoms with E-state index in [0.29, 0.717) is 13.2 Å². The van der Waals surface area contributed by atoms with Crippen molar-refractivity contribution >= 4 is 6.34 Å². The summed E-state index contributed by atoms with van der Waals surface area (Å²) in [5, 5.41) is 0. The maximum absolute atomic E-state index is 5.26. The quantitative estimate of drug-likeness (QED) is 0.364. The number of rotatable bonds is 6. The summed E-state index contributed by atoms with van der Waals surface area (Å²) in [5.41, 5.74) is 5.02. The molecule has 2 aromatic carbocycles. The van der Waals surface area contributed by atoms with Crippen LogP contribution in [0.3, 0.4) is 0 Å². The van der Waals surface area contributed by atoms with Gasteiger partial charge in [0.05, 0.1) is 13.2 Å². The molecule has 2 aromatic rings. The summed E-state index contributed by atoms with van der Waals surface area (Å²) in [6.45, 7) is 1.18. The molecule has 0 unspecified atom stereocenters.